The predicted molar refractivity (Wildman–Crippen MR) is 60.0 cm³/mol. The number of nitrogens with zero attached hydrogens (tertiary/aromatic N) is 3. The summed E-state index contributed by atoms with van der Waals surface area (Å²) in [5.41, 5.74) is 1.46. The van der Waals surface area contributed by atoms with E-state index < -0.39 is 6.17 Å². The molecule has 1 saturated heterocycles. The molecule has 0 atom stereocenters. The molecule has 0 saturated carbocycles. The van der Waals surface area contributed by atoms with Crippen LogP contribution in [0.25, 0.3) is 0 Å². The van der Waals surface area contributed by atoms with Crippen LogP contribution in [0.4, 0.5) is 10.2 Å². The van der Waals surface area contributed by atoms with E-state index in [1.54, 1.807) is 6.07 Å². The van der Waals surface area contributed by atoms with Gasteiger partial charge in [-0.25, -0.2) is 9.37 Å². The Balaban J connectivity index is 2.26. The maximum Gasteiger partial charge on any atom is 0.146 e. The van der Waals surface area contributed by atoms with Crippen LogP contribution in [0.2, 0.25) is 0 Å². The molecule has 1 aliphatic rings. The number of hydrogen-bond acceptors (Lipinski definition) is 3. The number of aromatic nitrogens is 1. The molecule has 0 aromatic carbocycles. The lowest BCUT2D eigenvalue weighted by Gasteiger charge is -2.30. The maximum absolute atomic E-state index is 13.0. The van der Waals surface area contributed by atoms with Gasteiger partial charge >= 0.3 is 0 Å². The van der Waals surface area contributed by atoms with E-state index in [-0.39, 0.29) is 0 Å². The highest BCUT2D eigenvalue weighted by Gasteiger charge is 2.21. The van der Waals surface area contributed by atoms with Gasteiger partial charge in [-0.2, -0.15) is 5.26 Å². The van der Waals surface area contributed by atoms with Crippen molar-refractivity contribution in [3.8, 4) is 6.07 Å². The Morgan fingerprint density at radius 1 is 1.44 bits per heavy atom. The van der Waals surface area contributed by atoms with Crippen molar-refractivity contribution < 1.29 is 4.39 Å². The van der Waals surface area contributed by atoms with Crippen LogP contribution in [-0.2, 0) is 0 Å². The standard InChI is InChI=1S/C12H14FN3/c1-9-2-3-10(8-14)12(15-9)16-6-4-11(13)5-7-16/h2-3,11H,4-7H2,1H3. The van der Waals surface area contributed by atoms with E-state index >= 15 is 0 Å². The summed E-state index contributed by atoms with van der Waals surface area (Å²) < 4.78 is 13.0. The van der Waals surface area contributed by atoms with E-state index in [1.165, 1.54) is 0 Å². The van der Waals surface area contributed by atoms with Gasteiger partial charge in [0.15, 0.2) is 0 Å². The van der Waals surface area contributed by atoms with Crippen LogP contribution in [0.3, 0.4) is 0 Å². The maximum atomic E-state index is 13.0. The first kappa shape index (κ1) is 10.9. The molecule has 0 spiro atoms. The van der Waals surface area contributed by atoms with E-state index in [1.807, 2.05) is 17.9 Å². The van der Waals surface area contributed by atoms with E-state index in [0.717, 1.165) is 5.69 Å². The average molecular weight is 219 g/mol. The van der Waals surface area contributed by atoms with Crippen LogP contribution in [0.1, 0.15) is 24.1 Å². The van der Waals surface area contributed by atoms with Crippen LogP contribution in [0.15, 0.2) is 12.1 Å². The van der Waals surface area contributed by atoms with Crippen LogP contribution in [-0.4, -0.2) is 24.2 Å². The second kappa shape index (κ2) is 4.48. The Labute approximate surface area is 94.5 Å². The first-order chi connectivity index (χ1) is 7.70. The fraction of sp³-hybridized carbons (Fsp3) is 0.500. The zero-order valence-corrected chi connectivity index (χ0v) is 9.28. The van der Waals surface area contributed by atoms with Gasteiger partial charge in [0.1, 0.15) is 18.1 Å². The predicted octanol–water partition coefficient (Wildman–Crippen LogP) is 2.20. The van der Waals surface area contributed by atoms with Crippen molar-refractivity contribution in [2.75, 3.05) is 18.0 Å². The fourth-order valence-corrected chi connectivity index (χ4v) is 1.93. The van der Waals surface area contributed by atoms with E-state index in [2.05, 4.69) is 11.1 Å². The number of nitriles is 1. The van der Waals surface area contributed by atoms with Crippen LogP contribution < -0.4 is 4.90 Å². The van der Waals surface area contributed by atoms with Gasteiger partial charge in [-0.05, 0) is 31.9 Å². The van der Waals surface area contributed by atoms with Crippen molar-refractivity contribution >= 4 is 5.82 Å². The van der Waals surface area contributed by atoms with Crippen LogP contribution in [0.5, 0.6) is 0 Å². The Morgan fingerprint density at radius 2 is 2.12 bits per heavy atom. The van der Waals surface area contributed by atoms with Crippen molar-refractivity contribution in [3.63, 3.8) is 0 Å². The molecule has 3 nitrogen and oxygen atoms in total. The largest absolute Gasteiger partial charge is 0.355 e. The minimum atomic E-state index is -0.702. The summed E-state index contributed by atoms with van der Waals surface area (Å²) >= 11 is 0. The van der Waals surface area contributed by atoms with Crippen LogP contribution in [0, 0.1) is 18.3 Å². The fourth-order valence-electron chi connectivity index (χ4n) is 1.93. The third-order valence-corrected chi connectivity index (χ3v) is 2.86. The van der Waals surface area contributed by atoms with E-state index in [0.29, 0.717) is 37.3 Å². The third-order valence-electron chi connectivity index (χ3n) is 2.86. The highest BCUT2D eigenvalue weighted by molar-refractivity contribution is 5.54. The first-order valence-corrected chi connectivity index (χ1v) is 5.47. The monoisotopic (exact) mass is 219 g/mol. The molecule has 0 radical (unpaired) electrons. The molecular weight excluding hydrogens is 205 g/mol. The molecule has 84 valence electrons. The van der Waals surface area contributed by atoms with Crippen molar-refractivity contribution in [1.82, 2.24) is 4.98 Å². The molecule has 1 fully saturated rings. The zero-order valence-electron chi connectivity index (χ0n) is 9.28. The van der Waals surface area contributed by atoms with Crippen molar-refractivity contribution in [3.05, 3.63) is 23.4 Å². The van der Waals surface area contributed by atoms with E-state index in [9.17, 15) is 4.39 Å². The number of hydrogen-bond donors (Lipinski definition) is 0. The van der Waals surface area contributed by atoms with Gasteiger partial charge in [0.25, 0.3) is 0 Å². The lowest BCUT2D eigenvalue weighted by Crippen LogP contribution is -2.35. The molecule has 1 aliphatic heterocycles. The quantitative estimate of drug-likeness (QED) is 0.727. The van der Waals surface area contributed by atoms with Gasteiger partial charge in [-0.1, -0.05) is 0 Å². The van der Waals surface area contributed by atoms with Crippen molar-refractivity contribution in [2.24, 2.45) is 0 Å². The molecule has 0 amide bonds. The summed E-state index contributed by atoms with van der Waals surface area (Å²) in [5, 5.41) is 9.00. The van der Waals surface area contributed by atoms with Gasteiger partial charge in [-0.3, -0.25) is 0 Å². The summed E-state index contributed by atoms with van der Waals surface area (Å²) in [7, 11) is 0. The smallest absolute Gasteiger partial charge is 0.146 e. The number of rotatable bonds is 1. The van der Waals surface area contributed by atoms with Gasteiger partial charge < -0.3 is 4.90 Å². The second-order valence-electron chi connectivity index (χ2n) is 4.10. The normalized spacial score (nSPS) is 17.2. The van der Waals surface area contributed by atoms with Gasteiger partial charge in [0.05, 0.1) is 5.56 Å². The zero-order chi connectivity index (χ0) is 11.5. The lowest BCUT2D eigenvalue weighted by atomic mass is 10.1. The average Bonchev–Trinajstić information content (AvgIpc) is 2.30. The number of piperidine rings is 1. The minimum Gasteiger partial charge on any atom is -0.355 e. The molecule has 0 aliphatic carbocycles. The number of pyridine rings is 1. The van der Waals surface area contributed by atoms with Gasteiger partial charge in [-0.15, -0.1) is 0 Å². The molecule has 1 aromatic rings. The Morgan fingerprint density at radius 3 is 2.75 bits per heavy atom. The highest BCUT2D eigenvalue weighted by Crippen LogP contribution is 2.23. The highest BCUT2D eigenvalue weighted by atomic mass is 19.1. The summed E-state index contributed by atoms with van der Waals surface area (Å²) in [6, 6.07) is 5.73. The first-order valence-electron chi connectivity index (χ1n) is 5.47. The summed E-state index contributed by atoms with van der Waals surface area (Å²) in [6.45, 7) is 3.19. The number of alkyl halides is 1. The molecule has 2 heterocycles. The summed E-state index contributed by atoms with van der Waals surface area (Å²) in [6.07, 6.45) is 0.354. The topological polar surface area (TPSA) is 39.9 Å². The molecule has 0 unspecified atom stereocenters. The van der Waals surface area contributed by atoms with Crippen LogP contribution >= 0.6 is 0 Å². The van der Waals surface area contributed by atoms with Gasteiger partial charge in [0, 0.05) is 18.8 Å². The molecular formula is C12H14FN3. The molecule has 1 aromatic heterocycles. The number of halogens is 1. The third kappa shape index (κ3) is 2.13. The Kier molecular flexibility index (Phi) is 3.04. The SMILES string of the molecule is Cc1ccc(C#N)c(N2CCC(F)CC2)n1. The minimum absolute atomic E-state index is 0.528. The van der Waals surface area contributed by atoms with E-state index in [4.69, 9.17) is 5.26 Å². The Bertz CT molecular complexity index is 417. The molecule has 16 heavy (non-hydrogen) atoms. The Hall–Kier alpha value is -1.63. The molecule has 4 heteroatoms. The lowest BCUT2D eigenvalue weighted by molar-refractivity contribution is 0.276. The molecule has 0 N–H and O–H groups in total. The van der Waals surface area contributed by atoms with Gasteiger partial charge in [0.2, 0.25) is 0 Å². The van der Waals surface area contributed by atoms with Crippen molar-refractivity contribution in [1.29, 1.82) is 5.26 Å². The number of aryl methyl sites for hydroxylation is 1. The second-order valence-corrected chi connectivity index (χ2v) is 4.10. The molecule has 0 bridgehead atoms. The molecule has 2 rings (SSSR count). The van der Waals surface area contributed by atoms with Crippen molar-refractivity contribution in [2.45, 2.75) is 25.9 Å². The summed E-state index contributed by atoms with van der Waals surface area (Å²) in [5.74, 6) is 0.703. The number of anilines is 1. The summed E-state index contributed by atoms with van der Waals surface area (Å²) in [4.78, 5) is 6.38.